The van der Waals surface area contributed by atoms with Crippen molar-refractivity contribution in [3.8, 4) is 5.75 Å². The van der Waals surface area contributed by atoms with Gasteiger partial charge in [-0.25, -0.2) is 0 Å². The minimum atomic E-state index is 0.437. The molecule has 0 amide bonds. The Balaban J connectivity index is 1.95. The van der Waals surface area contributed by atoms with Crippen LogP contribution in [0.5, 0.6) is 5.75 Å². The Morgan fingerprint density at radius 3 is 2.81 bits per heavy atom. The standard InChI is InChI=1S/C18H29NOS/c1-3-12-19-18(14-21-17-10-5-4-6-11-17)15-8-7-9-16(13-15)20-2/h7-9,13,17-19H,3-6,10-12,14H2,1-2H3. The highest BCUT2D eigenvalue weighted by molar-refractivity contribution is 7.99. The Bertz CT molecular complexity index is 404. The van der Waals surface area contributed by atoms with Gasteiger partial charge in [0.1, 0.15) is 5.75 Å². The second-order valence-electron chi connectivity index (χ2n) is 5.88. The van der Waals surface area contributed by atoms with Gasteiger partial charge in [-0.1, -0.05) is 38.3 Å². The van der Waals surface area contributed by atoms with Crippen molar-refractivity contribution >= 4 is 11.8 Å². The van der Waals surface area contributed by atoms with Crippen molar-refractivity contribution in [1.82, 2.24) is 5.32 Å². The van der Waals surface area contributed by atoms with E-state index < -0.39 is 0 Å². The van der Waals surface area contributed by atoms with Gasteiger partial charge < -0.3 is 10.1 Å². The van der Waals surface area contributed by atoms with E-state index in [1.165, 1.54) is 44.1 Å². The van der Waals surface area contributed by atoms with E-state index in [1.807, 2.05) is 6.07 Å². The van der Waals surface area contributed by atoms with E-state index in [1.54, 1.807) is 7.11 Å². The van der Waals surface area contributed by atoms with Crippen LogP contribution in [0.15, 0.2) is 24.3 Å². The highest BCUT2D eigenvalue weighted by atomic mass is 32.2. The summed E-state index contributed by atoms with van der Waals surface area (Å²) in [6.45, 7) is 3.30. The van der Waals surface area contributed by atoms with Crippen molar-refractivity contribution in [2.45, 2.75) is 56.7 Å². The first kappa shape index (κ1) is 16.7. The van der Waals surface area contributed by atoms with Crippen LogP contribution in [0.3, 0.4) is 0 Å². The molecule has 1 unspecified atom stereocenters. The normalized spacial score (nSPS) is 17.6. The van der Waals surface area contributed by atoms with E-state index in [0.717, 1.165) is 23.3 Å². The maximum atomic E-state index is 5.37. The van der Waals surface area contributed by atoms with Gasteiger partial charge in [0.15, 0.2) is 0 Å². The van der Waals surface area contributed by atoms with Crippen molar-refractivity contribution in [2.75, 3.05) is 19.4 Å². The van der Waals surface area contributed by atoms with Crippen molar-refractivity contribution in [3.05, 3.63) is 29.8 Å². The van der Waals surface area contributed by atoms with Crippen molar-refractivity contribution in [3.63, 3.8) is 0 Å². The second kappa shape index (κ2) is 9.37. The van der Waals surface area contributed by atoms with Gasteiger partial charge >= 0.3 is 0 Å². The van der Waals surface area contributed by atoms with Crippen LogP contribution in [0.25, 0.3) is 0 Å². The zero-order valence-corrected chi connectivity index (χ0v) is 14.3. The number of hydrogen-bond donors (Lipinski definition) is 1. The molecule has 1 N–H and O–H groups in total. The summed E-state index contributed by atoms with van der Waals surface area (Å²) in [5.74, 6) is 2.12. The molecular formula is C18H29NOS. The Kier molecular flexibility index (Phi) is 7.45. The average molecular weight is 308 g/mol. The summed E-state index contributed by atoms with van der Waals surface area (Å²) in [4.78, 5) is 0. The zero-order chi connectivity index (χ0) is 14.9. The predicted octanol–water partition coefficient (Wildman–Crippen LogP) is 4.80. The van der Waals surface area contributed by atoms with Gasteiger partial charge in [-0.3, -0.25) is 0 Å². The summed E-state index contributed by atoms with van der Waals surface area (Å²) in [6.07, 6.45) is 8.26. The van der Waals surface area contributed by atoms with Crippen LogP contribution in [0, 0.1) is 0 Å². The fraction of sp³-hybridized carbons (Fsp3) is 0.667. The zero-order valence-electron chi connectivity index (χ0n) is 13.4. The number of methoxy groups -OCH3 is 1. The topological polar surface area (TPSA) is 21.3 Å². The predicted molar refractivity (Wildman–Crippen MR) is 93.4 cm³/mol. The van der Waals surface area contributed by atoms with E-state index in [2.05, 4.69) is 42.2 Å². The highest BCUT2D eigenvalue weighted by Crippen LogP contribution is 2.31. The lowest BCUT2D eigenvalue weighted by molar-refractivity contribution is 0.413. The van der Waals surface area contributed by atoms with Crippen LogP contribution in [-0.4, -0.2) is 24.7 Å². The first-order chi connectivity index (χ1) is 10.3. The van der Waals surface area contributed by atoms with Crippen LogP contribution in [0.4, 0.5) is 0 Å². The van der Waals surface area contributed by atoms with Gasteiger partial charge in [-0.2, -0.15) is 11.8 Å². The van der Waals surface area contributed by atoms with Crippen LogP contribution in [0.1, 0.15) is 57.1 Å². The molecule has 0 bridgehead atoms. The fourth-order valence-corrected chi connectivity index (χ4v) is 4.36. The van der Waals surface area contributed by atoms with Crippen LogP contribution >= 0.6 is 11.8 Å². The molecule has 2 rings (SSSR count). The van der Waals surface area contributed by atoms with Gasteiger partial charge in [0.05, 0.1) is 7.11 Å². The molecule has 1 atom stereocenters. The van der Waals surface area contributed by atoms with Crippen molar-refractivity contribution in [1.29, 1.82) is 0 Å². The number of nitrogens with one attached hydrogen (secondary N) is 1. The fourth-order valence-electron chi connectivity index (χ4n) is 2.91. The number of hydrogen-bond acceptors (Lipinski definition) is 3. The summed E-state index contributed by atoms with van der Waals surface area (Å²) in [7, 11) is 1.74. The molecule has 1 aromatic carbocycles. The lowest BCUT2D eigenvalue weighted by Crippen LogP contribution is -2.25. The molecule has 21 heavy (non-hydrogen) atoms. The van der Waals surface area contributed by atoms with Gasteiger partial charge in [0.2, 0.25) is 0 Å². The maximum Gasteiger partial charge on any atom is 0.119 e. The monoisotopic (exact) mass is 307 g/mol. The van der Waals surface area contributed by atoms with E-state index in [-0.39, 0.29) is 0 Å². The van der Waals surface area contributed by atoms with Crippen LogP contribution in [-0.2, 0) is 0 Å². The third-order valence-electron chi connectivity index (χ3n) is 4.19. The third-order valence-corrected chi connectivity index (χ3v) is 5.66. The van der Waals surface area contributed by atoms with Gasteiger partial charge in [-0.05, 0) is 43.5 Å². The maximum absolute atomic E-state index is 5.37. The number of rotatable bonds is 8. The molecule has 1 fully saturated rings. The first-order valence-electron chi connectivity index (χ1n) is 8.32. The van der Waals surface area contributed by atoms with E-state index in [0.29, 0.717) is 6.04 Å². The van der Waals surface area contributed by atoms with Gasteiger partial charge in [0.25, 0.3) is 0 Å². The highest BCUT2D eigenvalue weighted by Gasteiger charge is 2.17. The molecule has 2 nitrogen and oxygen atoms in total. The Hall–Kier alpha value is -0.670. The SMILES string of the molecule is CCCNC(CSC1CCCCC1)c1cccc(OC)c1. The van der Waals surface area contributed by atoms with E-state index in [9.17, 15) is 0 Å². The molecule has 0 spiro atoms. The largest absolute Gasteiger partial charge is 0.497 e. The molecule has 118 valence electrons. The number of ether oxygens (including phenoxy) is 1. The quantitative estimate of drug-likeness (QED) is 0.745. The van der Waals surface area contributed by atoms with Crippen molar-refractivity contribution < 1.29 is 4.74 Å². The molecule has 0 saturated heterocycles. The van der Waals surface area contributed by atoms with Crippen LogP contribution in [0.2, 0.25) is 0 Å². The Labute approximate surface area is 134 Å². The summed E-state index contributed by atoms with van der Waals surface area (Å²) in [5, 5.41) is 4.57. The summed E-state index contributed by atoms with van der Waals surface area (Å²) < 4.78 is 5.37. The van der Waals surface area contributed by atoms with E-state index >= 15 is 0 Å². The molecule has 0 aliphatic heterocycles. The van der Waals surface area contributed by atoms with Gasteiger partial charge in [0, 0.05) is 17.0 Å². The lowest BCUT2D eigenvalue weighted by atomic mass is 10.0. The molecule has 1 aromatic rings. The molecular weight excluding hydrogens is 278 g/mol. The van der Waals surface area contributed by atoms with Crippen LogP contribution < -0.4 is 10.1 Å². The lowest BCUT2D eigenvalue weighted by Gasteiger charge is -2.25. The molecule has 0 aromatic heterocycles. The third kappa shape index (κ3) is 5.55. The molecule has 1 aliphatic rings. The molecule has 0 radical (unpaired) electrons. The molecule has 3 heteroatoms. The molecule has 0 heterocycles. The van der Waals surface area contributed by atoms with Crippen molar-refractivity contribution in [2.24, 2.45) is 0 Å². The number of thioether (sulfide) groups is 1. The minimum absolute atomic E-state index is 0.437. The Morgan fingerprint density at radius 2 is 2.10 bits per heavy atom. The summed E-state index contributed by atoms with van der Waals surface area (Å²) in [5.41, 5.74) is 1.35. The summed E-state index contributed by atoms with van der Waals surface area (Å²) in [6, 6.07) is 8.95. The molecule has 1 aliphatic carbocycles. The second-order valence-corrected chi connectivity index (χ2v) is 7.21. The minimum Gasteiger partial charge on any atom is -0.497 e. The molecule has 1 saturated carbocycles. The van der Waals surface area contributed by atoms with Gasteiger partial charge in [-0.15, -0.1) is 0 Å². The number of benzene rings is 1. The first-order valence-corrected chi connectivity index (χ1v) is 9.37. The average Bonchev–Trinajstić information content (AvgIpc) is 2.56. The smallest absolute Gasteiger partial charge is 0.119 e. The van der Waals surface area contributed by atoms with E-state index in [4.69, 9.17) is 4.74 Å². The summed E-state index contributed by atoms with van der Waals surface area (Å²) >= 11 is 2.16. The Morgan fingerprint density at radius 1 is 1.29 bits per heavy atom.